The topological polar surface area (TPSA) is 260 Å². The van der Waals surface area contributed by atoms with Crippen molar-refractivity contribution < 1.29 is 91.9 Å². The van der Waals surface area contributed by atoms with Gasteiger partial charge in [-0.15, -0.1) is 0 Å². The number of ether oxygens (including phenoxy) is 10. The van der Waals surface area contributed by atoms with Crippen molar-refractivity contribution >= 4 is 20.8 Å². The van der Waals surface area contributed by atoms with Gasteiger partial charge in [0.2, 0.25) is 0 Å². The SMILES string of the molecule is C[C@H]1CC[C@]2(C)O[C@]3(C)CC[C@@H]4O[C@@H]5C[C@@H]6O[C@@H]7C[C@](C)(OS(=O)(=O)O)[C@@](C)(CCOS(=O)(=O)O)O[C@H]7C[C@H]6O[C@H]5C[C@H]4O[C@H]3C[C@H]2O[C@H]2C[C@H]3O[C@H]4C[C@H](O)[C@@H](C)O[C@]4(C)[C@H](O)[C@@H]3O[C@@H]21. The van der Waals surface area contributed by atoms with Crippen LogP contribution in [0.15, 0.2) is 0 Å². The third kappa shape index (κ3) is 8.77. The molecule has 0 aromatic carbocycles. The Balaban J connectivity index is 0.819. The molecule has 10 aliphatic rings. The molecule has 0 aliphatic carbocycles. The molecule has 10 fully saturated rings. The van der Waals surface area contributed by atoms with Gasteiger partial charge >= 0.3 is 20.8 Å². The third-order valence-corrected chi connectivity index (χ3v) is 18.7. The van der Waals surface area contributed by atoms with E-state index in [4.69, 9.17) is 51.6 Å². The number of rotatable bonds is 6. The molecule has 10 heterocycles. The second kappa shape index (κ2) is 16.9. The Labute approximate surface area is 387 Å². The summed E-state index contributed by atoms with van der Waals surface area (Å²) in [6.07, 6.45) is -2.48. The van der Waals surface area contributed by atoms with Crippen molar-refractivity contribution in [3.05, 3.63) is 0 Å². The number of hydrogen-bond donors (Lipinski definition) is 4. The average molecular weight is 983 g/mol. The number of hydrogen-bond acceptors (Lipinski definition) is 18. The second-order valence-electron chi connectivity index (χ2n) is 22.2. The Morgan fingerprint density at radius 2 is 1.12 bits per heavy atom. The van der Waals surface area contributed by atoms with Crippen LogP contribution in [-0.2, 0) is 76.5 Å². The fourth-order valence-corrected chi connectivity index (χ4v) is 14.6. The highest BCUT2D eigenvalue weighted by Crippen LogP contribution is 2.54. The van der Waals surface area contributed by atoms with Gasteiger partial charge < -0.3 is 57.6 Å². The maximum atomic E-state index is 12.1. The number of aliphatic hydroxyl groups excluding tert-OH is 2. The van der Waals surface area contributed by atoms with E-state index >= 15 is 0 Å². The van der Waals surface area contributed by atoms with E-state index in [1.54, 1.807) is 6.92 Å². The molecule has 24 atom stereocenters. The molecule has 0 aromatic heterocycles. The predicted octanol–water partition coefficient (Wildman–Crippen LogP) is 2.68. The Morgan fingerprint density at radius 3 is 1.77 bits per heavy atom. The van der Waals surface area contributed by atoms with Gasteiger partial charge in [-0.1, -0.05) is 6.92 Å². The summed E-state index contributed by atoms with van der Waals surface area (Å²) in [6, 6.07) is 0. The van der Waals surface area contributed by atoms with Crippen molar-refractivity contribution in [1.29, 1.82) is 0 Å². The van der Waals surface area contributed by atoms with Gasteiger partial charge in [0.15, 0.2) is 0 Å². The smallest absolute Gasteiger partial charge is 0.390 e. The summed E-state index contributed by atoms with van der Waals surface area (Å²) in [5, 5.41) is 22.5. The van der Waals surface area contributed by atoms with Crippen molar-refractivity contribution in [2.45, 2.75) is 263 Å². The molecule has 4 N–H and O–H groups in total. The average Bonchev–Trinajstić information content (AvgIpc) is 3.33. The highest BCUT2D eigenvalue weighted by molar-refractivity contribution is 7.81. The highest BCUT2D eigenvalue weighted by Gasteiger charge is 2.64. The van der Waals surface area contributed by atoms with Crippen LogP contribution in [0.5, 0.6) is 0 Å². The summed E-state index contributed by atoms with van der Waals surface area (Å²) in [7, 11) is -9.78. The maximum absolute atomic E-state index is 12.1. The van der Waals surface area contributed by atoms with Gasteiger partial charge in [0.25, 0.3) is 0 Å². The van der Waals surface area contributed by atoms with Gasteiger partial charge in [-0.3, -0.25) is 9.11 Å². The molecular formula is C44H70O20S2. The summed E-state index contributed by atoms with van der Waals surface area (Å²) in [5.74, 6) is 0.105. The van der Waals surface area contributed by atoms with Gasteiger partial charge in [0.05, 0.1) is 121 Å². The molecule has 378 valence electrons. The highest BCUT2D eigenvalue weighted by atomic mass is 32.3. The Bertz CT molecular complexity index is 2050. The zero-order valence-electron chi connectivity index (χ0n) is 38.8. The molecule has 20 nitrogen and oxygen atoms in total. The quantitative estimate of drug-likeness (QED) is 0.279. The van der Waals surface area contributed by atoms with Gasteiger partial charge in [-0.2, -0.15) is 16.8 Å². The van der Waals surface area contributed by atoms with E-state index < -0.39 is 116 Å². The van der Waals surface area contributed by atoms with Crippen molar-refractivity contribution in [2.75, 3.05) is 6.61 Å². The molecule has 0 saturated carbocycles. The first-order valence-electron chi connectivity index (χ1n) is 24.1. The van der Waals surface area contributed by atoms with Crippen LogP contribution >= 0.6 is 0 Å². The van der Waals surface area contributed by atoms with Crippen LogP contribution < -0.4 is 0 Å². The van der Waals surface area contributed by atoms with Crippen LogP contribution in [0.1, 0.15) is 126 Å². The molecule has 0 unspecified atom stereocenters. The summed E-state index contributed by atoms with van der Waals surface area (Å²) in [5.41, 5.74) is -5.46. The molecule has 0 bridgehead atoms. The van der Waals surface area contributed by atoms with E-state index in [1.807, 2.05) is 13.8 Å². The van der Waals surface area contributed by atoms with Crippen molar-refractivity contribution in [3.63, 3.8) is 0 Å². The minimum atomic E-state index is -4.99. The summed E-state index contributed by atoms with van der Waals surface area (Å²) in [6.45, 7) is 12.6. The molecule has 0 spiro atoms. The standard InChI is InChI=1S/C44H70O20S2/c1-21-8-10-40(3)35(58-31-18-32-38(60-37(21)31)39(46)44(7)36(59-32)14-23(45)22(2)61-44)19-34-41(4,63-40)11-9-24-25(57-34)15-27-26(54-24)16-28-29(55-27)17-30-33(56-28)20-43(6,64-66(50,51)52)42(5,62-30)12-13-53-65(47,48)49/h21-39,45-46H,8-20H2,1-7H3,(H,47,48,49)(H,50,51,52)/t21-,22+,23-,24-,25+,26+,27-,28-,29+,30-,31-,32+,33+,34-,35+,36-,37+,38+,39+,40-,41+,42+,43-,44-/m0/s1. The van der Waals surface area contributed by atoms with Crippen LogP contribution in [0.2, 0.25) is 0 Å². The molecule has 0 amide bonds. The van der Waals surface area contributed by atoms with E-state index in [2.05, 4.69) is 25.0 Å². The van der Waals surface area contributed by atoms with Crippen LogP contribution in [0.3, 0.4) is 0 Å². The van der Waals surface area contributed by atoms with Crippen molar-refractivity contribution in [2.24, 2.45) is 5.92 Å². The van der Waals surface area contributed by atoms with Crippen LogP contribution in [0.4, 0.5) is 0 Å². The zero-order valence-corrected chi connectivity index (χ0v) is 40.4. The predicted molar refractivity (Wildman–Crippen MR) is 226 cm³/mol. The fraction of sp³-hybridized carbons (Fsp3) is 1.00. The third-order valence-electron chi connectivity index (χ3n) is 17.7. The lowest BCUT2D eigenvalue weighted by atomic mass is 9.73. The summed E-state index contributed by atoms with van der Waals surface area (Å²) < 4.78 is 144. The number of fused-ring (bicyclic) bond motifs is 9. The van der Waals surface area contributed by atoms with Gasteiger partial charge in [0.1, 0.15) is 23.4 Å². The minimum Gasteiger partial charge on any atom is -0.390 e. The first kappa shape index (κ1) is 48.9. The van der Waals surface area contributed by atoms with Crippen LogP contribution in [-0.4, -0.2) is 181 Å². The maximum Gasteiger partial charge on any atom is 0.397 e. The lowest BCUT2D eigenvalue weighted by Gasteiger charge is -2.59. The molecular weight excluding hydrogens is 913 g/mol. The van der Waals surface area contributed by atoms with Crippen molar-refractivity contribution in [1.82, 2.24) is 0 Å². The van der Waals surface area contributed by atoms with Crippen LogP contribution in [0, 0.1) is 5.92 Å². The molecule has 10 rings (SSSR count). The first-order valence-corrected chi connectivity index (χ1v) is 26.8. The summed E-state index contributed by atoms with van der Waals surface area (Å²) in [4.78, 5) is 0. The Kier molecular flexibility index (Phi) is 12.5. The molecule has 66 heavy (non-hydrogen) atoms. The van der Waals surface area contributed by atoms with Gasteiger partial charge in [-0.05, 0) is 73.1 Å². The monoisotopic (exact) mass is 982 g/mol. The number of aliphatic hydroxyl groups is 2. The normalized spacial score (nSPS) is 56.1. The van der Waals surface area contributed by atoms with E-state index in [-0.39, 0.29) is 67.6 Å². The minimum absolute atomic E-state index is 0.0226. The fourth-order valence-electron chi connectivity index (χ4n) is 13.6. The van der Waals surface area contributed by atoms with Crippen LogP contribution in [0.25, 0.3) is 0 Å². The van der Waals surface area contributed by atoms with E-state index in [0.29, 0.717) is 51.4 Å². The van der Waals surface area contributed by atoms with E-state index in [0.717, 1.165) is 12.8 Å². The lowest BCUT2D eigenvalue weighted by molar-refractivity contribution is -0.363. The van der Waals surface area contributed by atoms with Gasteiger partial charge in [-0.25, -0.2) is 8.37 Å². The Morgan fingerprint density at radius 1 is 0.576 bits per heavy atom. The van der Waals surface area contributed by atoms with E-state index in [9.17, 15) is 36.2 Å². The van der Waals surface area contributed by atoms with E-state index in [1.165, 1.54) is 6.92 Å². The lowest BCUT2D eigenvalue weighted by Crippen LogP contribution is -2.73. The molecule has 0 aromatic rings. The molecule has 10 saturated heterocycles. The molecule has 10 aliphatic heterocycles. The zero-order chi connectivity index (χ0) is 47.1. The second-order valence-corrected chi connectivity index (χ2v) is 24.4. The molecule has 22 heteroatoms. The first-order chi connectivity index (χ1) is 30.8. The van der Waals surface area contributed by atoms with Gasteiger partial charge in [0, 0.05) is 51.4 Å². The Hall–Kier alpha value is -0.740. The summed E-state index contributed by atoms with van der Waals surface area (Å²) >= 11 is 0. The largest absolute Gasteiger partial charge is 0.397 e. The van der Waals surface area contributed by atoms with Crippen molar-refractivity contribution in [3.8, 4) is 0 Å². The molecule has 0 radical (unpaired) electrons.